The number of hydrogen-bond donors (Lipinski definition) is 2. The molecule has 1 unspecified atom stereocenters. The van der Waals surface area contributed by atoms with Crippen molar-refractivity contribution in [1.29, 1.82) is 0 Å². The van der Waals surface area contributed by atoms with Crippen LogP contribution in [0, 0.1) is 0 Å². The normalized spacial score (nSPS) is 18.8. The average Bonchev–Trinajstić information content (AvgIpc) is 2.49. The lowest BCUT2D eigenvalue weighted by Gasteiger charge is -2.21. The molecule has 0 spiro atoms. The van der Waals surface area contributed by atoms with Gasteiger partial charge < -0.3 is 11.1 Å². The molecule has 1 aromatic rings. The first-order valence-electron chi connectivity index (χ1n) is 7.15. The maximum absolute atomic E-state index is 12.3. The number of hydrogen-bond acceptors (Lipinski definition) is 4. The van der Waals surface area contributed by atoms with Crippen LogP contribution in [-0.2, 0) is 4.79 Å². The first-order valence-corrected chi connectivity index (χ1v) is 9.19. The summed E-state index contributed by atoms with van der Waals surface area (Å²) in [5.41, 5.74) is 7.36. The summed E-state index contributed by atoms with van der Waals surface area (Å²) in [4.78, 5) is 13.4. The zero-order chi connectivity index (χ0) is 14.4. The second kappa shape index (κ2) is 7.84. The number of amides is 1. The van der Waals surface area contributed by atoms with Gasteiger partial charge in [-0.1, -0.05) is 13.3 Å². The number of anilines is 2. The molecule has 0 aromatic heterocycles. The molecule has 1 aliphatic heterocycles. The minimum Gasteiger partial charge on any atom is -0.397 e. The van der Waals surface area contributed by atoms with E-state index in [2.05, 4.69) is 12.2 Å². The highest BCUT2D eigenvalue weighted by atomic mass is 32.2. The van der Waals surface area contributed by atoms with Crippen molar-refractivity contribution in [2.75, 3.05) is 22.6 Å². The quantitative estimate of drug-likeness (QED) is 0.637. The average molecular weight is 310 g/mol. The van der Waals surface area contributed by atoms with E-state index in [0.29, 0.717) is 5.69 Å². The SMILES string of the molecule is CCCSc1ccc(N)c(NC(=O)C2CCCCS2)c1. The Morgan fingerprint density at radius 2 is 2.35 bits per heavy atom. The van der Waals surface area contributed by atoms with E-state index in [1.165, 1.54) is 6.42 Å². The second-order valence-corrected chi connectivity index (χ2v) is 7.42. The van der Waals surface area contributed by atoms with E-state index < -0.39 is 0 Å². The summed E-state index contributed by atoms with van der Waals surface area (Å²) >= 11 is 3.55. The minimum absolute atomic E-state index is 0.0788. The Bertz CT molecular complexity index is 459. The van der Waals surface area contributed by atoms with Gasteiger partial charge in [0.25, 0.3) is 0 Å². The number of carbonyl (C=O) groups excluding carboxylic acids is 1. The van der Waals surface area contributed by atoms with Gasteiger partial charge in [-0.25, -0.2) is 0 Å². The van der Waals surface area contributed by atoms with Gasteiger partial charge in [-0.2, -0.15) is 0 Å². The molecule has 1 heterocycles. The predicted molar refractivity (Wildman–Crippen MR) is 90.6 cm³/mol. The molecule has 1 aliphatic rings. The van der Waals surface area contributed by atoms with Gasteiger partial charge in [0, 0.05) is 4.90 Å². The third-order valence-corrected chi connectivity index (χ3v) is 5.80. The van der Waals surface area contributed by atoms with Gasteiger partial charge >= 0.3 is 0 Å². The Balaban J connectivity index is 2.01. The van der Waals surface area contributed by atoms with Gasteiger partial charge in [-0.15, -0.1) is 23.5 Å². The summed E-state index contributed by atoms with van der Waals surface area (Å²) in [5, 5.41) is 3.08. The van der Waals surface area contributed by atoms with Crippen molar-refractivity contribution in [3.05, 3.63) is 18.2 Å². The summed E-state index contributed by atoms with van der Waals surface area (Å²) in [6.45, 7) is 2.16. The van der Waals surface area contributed by atoms with Crippen molar-refractivity contribution < 1.29 is 4.79 Å². The van der Waals surface area contributed by atoms with Crippen LogP contribution in [0.4, 0.5) is 11.4 Å². The van der Waals surface area contributed by atoms with Crippen LogP contribution in [0.15, 0.2) is 23.1 Å². The Kier molecular flexibility index (Phi) is 6.10. The van der Waals surface area contributed by atoms with Crippen LogP contribution < -0.4 is 11.1 Å². The van der Waals surface area contributed by atoms with Crippen molar-refractivity contribution in [3.8, 4) is 0 Å². The number of nitrogens with one attached hydrogen (secondary N) is 1. The molecular weight excluding hydrogens is 288 g/mol. The standard InChI is InChI=1S/C15H22N2OS2/c1-2-8-19-11-6-7-12(16)13(10-11)17-15(18)14-5-3-4-9-20-14/h6-7,10,14H,2-5,8-9,16H2,1H3,(H,17,18). The lowest BCUT2D eigenvalue weighted by molar-refractivity contribution is -0.115. The van der Waals surface area contributed by atoms with Crippen molar-refractivity contribution in [3.63, 3.8) is 0 Å². The fraction of sp³-hybridized carbons (Fsp3) is 0.533. The number of carbonyl (C=O) groups is 1. The summed E-state index contributed by atoms with van der Waals surface area (Å²) < 4.78 is 0. The maximum atomic E-state index is 12.3. The lowest BCUT2D eigenvalue weighted by atomic mass is 10.1. The molecule has 1 aromatic carbocycles. The molecule has 0 saturated carbocycles. The van der Waals surface area contributed by atoms with Crippen molar-refractivity contribution in [1.82, 2.24) is 0 Å². The lowest BCUT2D eigenvalue weighted by Crippen LogP contribution is -2.27. The predicted octanol–water partition coefficient (Wildman–Crippen LogP) is 4.00. The molecular formula is C15H22N2OS2. The van der Waals surface area contributed by atoms with Crippen LogP contribution in [0.5, 0.6) is 0 Å². The van der Waals surface area contributed by atoms with Gasteiger partial charge in [0.1, 0.15) is 0 Å². The maximum Gasteiger partial charge on any atom is 0.237 e. The molecule has 1 amide bonds. The van der Waals surface area contributed by atoms with E-state index in [1.54, 1.807) is 23.5 Å². The molecule has 20 heavy (non-hydrogen) atoms. The summed E-state index contributed by atoms with van der Waals surface area (Å²) in [6.07, 6.45) is 4.48. The zero-order valence-electron chi connectivity index (χ0n) is 11.9. The van der Waals surface area contributed by atoms with Gasteiger partial charge in [0.2, 0.25) is 5.91 Å². The van der Waals surface area contributed by atoms with E-state index in [-0.39, 0.29) is 11.2 Å². The van der Waals surface area contributed by atoms with Crippen LogP contribution in [0.2, 0.25) is 0 Å². The number of nitrogen functional groups attached to an aromatic ring is 1. The van der Waals surface area contributed by atoms with Crippen LogP contribution in [-0.4, -0.2) is 22.7 Å². The summed E-state index contributed by atoms with van der Waals surface area (Å²) in [7, 11) is 0. The molecule has 1 atom stereocenters. The molecule has 1 fully saturated rings. The van der Waals surface area contributed by atoms with Crippen molar-refractivity contribution in [2.45, 2.75) is 42.8 Å². The zero-order valence-corrected chi connectivity index (χ0v) is 13.5. The Hall–Kier alpha value is -0.810. The molecule has 0 radical (unpaired) electrons. The van der Waals surface area contributed by atoms with Crippen LogP contribution >= 0.6 is 23.5 Å². The Morgan fingerprint density at radius 3 is 3.05 bits per heavy atom. The van der Waals surface area contributed by atoms with Gasteiger partial charge in [-0.05, 0) is 49.0 Å². The fourth-order valence-corrected chi connectivity index (χ4v) is 4.12. The van der Waals surface area contributed by atoms with E-state index >= 15 is 0 Å². The topological polar surface area (TPSA) is 55.1 Å². The third kappa shape index (κ3) is 4.35. The number of nitrogens with two attached hydrogens (primary N) is 1. The van der Waals surface area contributed by atoms with E-state index in [1.807, 2.05) is 18.2 Å². The highest BCUT2D eigenvalue weighted by Gasteiger charge is 2.22. The second-order valence-electron chi connectivity index (χ2n) is 4.94. The van der Waals surface area contributed by atoms with Gasteiger partial charge in [0.15, 0.2) is 0 Å². The van der Waals surface area contributed by atoms with Crippen molar-refractivity contribution in [2.24, 2.45) is 0 Å². The first-order chi connectivity index (χ1) is 9.70. The largest absolute Gasteiger partial charge is 0.397 e. The smallest absolute Gasteiger partial charge is 0.237 e. The monoisotopic (exact) mass is 310 g/mol. The molecule has 5 heteroatoms. The number of benzene rings is 1. The highest BCUT2D eigenvalue weighted by Crippen LogP contribution is 2.30. The molecule has 0 bridgehead atoms. The Labute approximate surface area is 129 Å². The molecule has 1 saturated heterocycles. The van der Waals surface area contributed by atoms with Crippen LogP contribution in [0.25, 0.3) is 0 Å². The highest BCUT2D eigenvalue weighted by molar-refractivity contribution is 8.00. The third-order valence-electron chi connectivity index (χ3n) is 3.23. The Morgan fingerprint density at radius 1 is 1.50 bits per heavy atom. The van der Waals surface area contributed by atoms with E-state index in [0.717, 1.165) is 41.4 Å². The first kappa shape index (κ1) is 15.6. The van der Waals surface area contributed by atoms with Crippen LogP contribution in [0.1, 0.15) is 32.6 Å². The molecule has 3 nitrogen and oxygen atoms in total. The number of rotatable bonds is 5. The van der Waals surface area contributed by atoms with Gasteiger partial charge in [-0.3, -0.25) is 4.79 Å². The summed E-state index contributed by atoms with van der Waals surface area (Å²) in [6, 6.07) is 5.88. The number of thioether (sulfide) groups is 2. The molecule has 3 N–H and O–H groups in total. The summed E-state index contributed by atoms with van der Waals surface area (Å²) in [5.74, 6) is 2.26. The molecule has 0 aliphatic carbocycles. The molecule has 2 rings (SSSR count). The minimum atomic E-state index is 0.0788. The molecule has 110 valence electrons. The van der Waals surface area contributed by atoms with Crippen molar-refractivity contribution >= 4 is 40.8 Å². The van der Waals surface area contributed by atoms with Gasteiger partial charge in [0.05, 0.1) is 16.6 Å². The van der Waals surface area contributed by atoms with E-state index in [9.17, 15) is 4.79 Å². The fourth-order valence-electron chi connectivity index (χ4n) is 2.11. The van der Waals surface area contributed by atoms with Crippen LogP contribution in [0.3, 0.4) is 0 Å². The van der Waals surface area contributed by atoms with E-state index in [4.69, 9.17) is 5.73 Å².